The zero-order chi connectivity index (χ0) is 16.3. The van der Waals surface area contributed by atoms with Crippen LogP contribution in [0.25, 0.3) is 0 Å². The summed E-state index contributed by atoms with van der Waals surface area (Å²) in [6, 6.07) is 8.66. The first-order valence-corrected chi connectivity index (χ1v) is 7.32. The molecule has 6 nitrogen and oxygen atoms in total. The van der Waals surface area contributed by atoms with Gasteiger partial charge in [-0.15, -0.1) is 0 Å². The van der Waals surface area contributed by atoms with E-state index < -0.39 is 11.6 Å². The van der Waals surface area contributed by atoms with Crippen LogP contribution < -0.4 is 5.32 Å². The van der Waals surface area contributed by atoms with Gasteiger partial charge in [-0.1, -0.05) is 43.7 Å². The van der Waals surface area contributed by atoms with Crippen molar-refractivity contribution in [1.82, 2.24) is 15.1 Å². The molecule has 0 saturated carbocycles. The average Bonchev–Trinajstić information content (AvgIpc) is 2.73. The second kappa shape index (κ2) is 6.17. The largest absolute Gasteiger partial charge is 0.347 e. The third-order valence-corrected chi connectivity index (χ3v) is 3.86. The van der Waals surface area contributed by atoms with Gasteiger partial charge in [0.1, 0.15) is 12.1 Å². The Morgan fingerprint density at radius 2 is 1.86 bits per heavy atom. The Hall–Kier alpha value is -2.37. The molecule has 1 heterocycles. The predicted molar refractivity (Wildman–Crippen MR) is 82.0 cm³/mol. The average molecular weight is 303 g/mol. The summed E-state index contributed by atoms with van der Waals surface area (Å²) in [4.78, 5) is 39.3. The van der Waals surface area contributed by atoms with Gasteiger partial charge >= 0.3 is 6.03 Å². The summed E-state index contributed by atoms with van der Waals surface area (Å²) in [5.74, 6) is -0.649. The standard InChI is InChI=1S/C16H21N3O3/c1-4-10-16(12-8-6-5-7-9-12)14(21)19(15(22)17-16)11-13(20)18(2)3/h5-9H,4,10-11H2,1-3H3,(H,17,22)/t16-/m0/s1. The molecule has 1 saturated heterocycles. The molecule has 118 valence electrons. The van der Waals surface area contributed by atoms with E-state index in [0.717, 1.165) is 16.9 Å². The van der Waals surface area contributed by atoms with Crippen LogP contribution >= 0.6 is 0 Å². The first-order chi connectivity index (χ1) is 10.4. The summed E-state index contributed by atoms with van der Waals surface area (Å²) in [6.45, 7) is 1.72. The van der Waals surface area contributed by atoms with Crippen LogP contribution in [0.3, 0.4) is 0 Å². The van der Waals surface area contributed by atoms with Crippen LogP contribution in [0.5, 0.6) is 0 Å². The molecule has 0 unspecified atom stereocenters. The maximum absolute atomic E-state index is 12.9. The minimum absolute atomic E-state index is 0.240. The van der Waals surface area contributed by atoms with Crippen LogP contribution in [0.1, 0.15) is 25.3 Å². The van der Waals surface area contributed by atoms with Crippen LogP contribution in [0.15, 0.2) is 30.3 Å². The van der Waals surface area contributed by atoms with Gasteiger partial charge in [0.2, 0.25) is 5.91 Å². The second-order valence-electron chi connectivity index (χ2n) is 5.63. The normalized spacial score (nSPS) is 21.0. The summed E-state index contributed by atoms with van der Waals surface area (Å²) in [7, 11) is 3.19. The Kier molecular flexibility index (Phi) is 4.49. The molecular weight excluding hydrogens is 282 g/mol. The number of rotatable bonds is 5. The molecule has 1 aliphatic rings. The molecule has 6 heteroatoms. The predicted octanol–water partition coefficient (Wildman–Crippen LogP) is 1.32. The maximum atomic E-state index is 12.9. The highest BCUT2D eigenvalue weighted by atomic mass is 16.2. The van der Waals surface area contributed by atoms with Gasteiger partial charge in [0.25, 0.3) is 5.91 Å². The van der Waals surface area contributed by atoms with E-state index in [4.69, 9.17) is 0 Å². The van der Waals surface area contributed by atoms with E-state index in [-0.39, 0.29) is 18.4 Å². The Balaban J connectivity index is 2.36. The maximum Gasteiger partial charge on any atom is 0.325 e. The number of nitrogens with zero attached hydrogens (tertiary/aromatic N) is 2. The number of hydrogen-bond donors (Lipinski definition) is 1. The summed E-state index contributed by atoms with van der Waals surface area (Å²) < 4.78 is 0. The number of amides is 4. The Morgan fingerprint density at radius 3 is 2.41 bits per heavy atom. The molecular formula is C16H21N3O3. The number of likely N-dealkylation sites (N-methyl/N-ethyl adjacent to an activating group) is 1. The number of hydrogen-bond acceptors (Lipinski definition) is 3. The monoisotopic (exact) mass is 303 g/mol. The molecule has 0 radical (unpaired) electrons. The van der Waals surface area contributed by atoms with Gasteiger partial charge in [0, 0.05) is 14.1 Å². The van der Waals surface area contributed by atoms with Gasteiger partial charge in [-0.25, -0.2) is 4.79 Å². The van der Waals surface area contributed by atoms with Gasteiger partial charge in [-0.2, -0.15) is 0 Å². The van der Waals surface area contributed by atoms with Crippen LogP contribution in [-0.2, 0) is 15.1 Å². The molecule has 1 aromatic rings. The Morgan fingerprint density at radius 1 is 1.23 bits per heavy atom. The molecule has 1 fully saturated rings. The molecule has 1 N–H and O–H groups in total. The zero-order valence-corrected chi connectivity index (χ0v) is 13.1. The molecule has 1 aromatic carbocycles. The fourth-order valence-electron chi connectivity index (χ4n) is 2.65. The lowest BCUT2D eigenvalue weighted by Gasteiger charge is -2.27. The SMILES string of the molecule is CCC[C@@]1(c2ccccc2)NC(=O)N(CC(=O)N(C)C)C1=O. The fourth-order valence-corrected chi connectivity index (χ4v) is 2.65. The topological polar surface area (TPSA) is 69.7 Å². The summed E-state index contributed by atoms with van der Waals surface area (Å²) in [5.41, 5.74) is -0.324. The lowest BCUT2D eigenvalue weighted by molar-refractivity contribution is -0.138. The van der Waals surface area contributed by atoms with Gasteiger partial charge in [0.15, 0.2) is 0 Å². The van der Waals surface area contributed by atoms with E-state index in [1.807, 2.05) is 37.3 Å². The highest BCUT2D eigenvalue weighted by Crippen LogP contribution is 2.33. The Bertz CT molecular complexity index is 586. The molecule has 0 aromatic heterocycles. The quantitative estimate of drug-likeness (QED) is 0.834. The van der Waals surface area contributed by atoms with Crippen molar-refractivity contribution < 1.29 is 14.4 Å². The highest BCUT2D eigenvalue weighted by molar-refractivity contribution is 6.09. The first kappa shape index (κ1) is 16.0. The van der Waals surface area contributed by atoms with E-state index in [0.29, 0.717) is 6.42 Å². The Labute approximate surface area is 130 Å². The van der Waals surface area contributed by atoms with E-state index >= 15 is 0 Å². The number of carbonyl (C=O) groups excluding carboxylic acids is 3. The molecule has 4 amide bonds. The van der Waals surface area contributed by atoms with E-state index in [9.17, 15) is 14.4 Å². The number of urea groups is 1. The third kappa shape index (κ3) is 2.68. The van der Waals surface area contributed by atoms with Crippen molar-refractivity contribution in [1.29, 1.82) is 0 Å². The number of carbonyl (C=O) groups is 3. The van der Waals surface area contributed by atoms with Gasteiger partial charge in [-0.3, -0.25) is 14.5 Å². The number of nitrogens with one attached hydrogen (secondary N) is 1. The van der Waals surface area contributed by atoms with E-state index in [2.05, 4.69) is 5.32 Å². The zero-order valence-electron chi connectivity index (χ0n) is 13.1. The number of benzene rings is 1. The molecule has 0 aliphatic carbocycles. The molecule has 22 heavy (non-hydrogen) atoms. The minimum atomic E-state index is -1.07. The van der Waals surface area contributed by atoms with Crippen molar-refractivity contribution in [3.63, 3.8) is 0 Å². The lowest BCUT2D eigenvalue weighted by atomic mass is 9.85. The van der Waals surface area contributed by atoms with Crippen molar-refractivity contribution in [2.24, 2.45) is 0 Å². The fraction of sp³-hybridized carbons (Fsp3) is 0.438. The molecule has 1 aliphatic heterocycles. The van der Waals surface area contributed by atoms with Crippen LogP contribution in [-0.4, -0.2) is 48.3 Å². The van der Waals surface area contributed by atoms with E-state index in [1.165, 1.54) is 4.90 Å². The van der Waals surface area contributed by atoms with E-state index in [1.54, 1.807) is 14.1 Å². The van der Waals surface area contributed by atoms with Crippen molar-refractivity contribution in [2.45, 2.75) is 25.3 Å². The van der Waals surface area contributed by atoms with Crippen molar-refractivity contribution in [3.05, 3.63) is 35.9 Å². The summed E-state index contributed by atoms with van der Waals surface area (Å²) in [6.07, 6.45) is 1.23. The molecule has 0 spiro atoms. The highest BCUT2D eigenvalue weighted by Gasteiger charge is 2.52. The summed E-state index contributed by atoms with van der Waals surface area (Å²) >= 11 is 0. The third-order valence-electron chi connectivity index (χ3n) is 3.86. The summed E-state index contributed by atoms with van der Waals surface area (Å²) in [5, 5.41) is 2.80. The van der Waals surface area contributed by atoms with Gasteiger partial charge in [-0.05, 0) is 12.0 Å². The molecule has 1 atom stereocenters. The molecule has 2 rings (SSSR count). The van der Waals surface area contributed by atoms with Crippen LogP contribution in [0.2, 0.25) is 0 Å². The lowest BCUT2D eigenvalue weighted by Crippen LogP contribution is -2.45. The van der Waals surface area contributed by atoms with Crippen LogP contribution in [0, 0.1) is 0 Å². The minimum Gasteiger partial charge on any atom is -0.347 e. The first-order valence-electron chi connectivity index (χ1n) is 7.32. The van der Waals surface area contributed by atoms with Crippen molar-refractivity contribution in [3.8, 4) is 0 Å². The van der Waals surface area contributed by atoms with Crippen molar-refractivity contribution >= 4 is 17.8 Å². The van der Waals surface area contributed by atoms with Crippen molar-refractivity contribution in [2.75, 3.05) is 20.6 Å². The smallest absolute Gasteiger partial charge is 0.325 e. The van der Waals surface area contributed by atoms with Gasteiger partial charge < -0.3 is 10.2 Å². The second-order valence-corrected chi connectivity index (χ2v) is 5.63. The van der Waals surface area contributed by atoms with Crippen LogP contribution in [0.4, 0.5) is 4.79 Å². The molecule has 0 bridgehead atoms. The van der Waals surface area contributed by atoms with Gasteiger partial charge in [0.05, 0.1) is 0 Å². The number of imide groups is 1.